The lowest BCUT2D eigenvalue weighted by molar-refractivity contribution is -0.298. The second kappa shape index (κ2) is 15.8. The van der Waals surface area contributed by atoms with Crippen molar-refractivity contribution in [1.29, 1.82) is 0 Å². The first-order valence-electron chi connectivity index (χ1n) is 16.1. The van der Waals surface area contributed by atoms with Gasteiger partial charge in [-0.3, -0.25) is 9.59 Å². The van der Waals surface area contributed by atoms with Crippen molar-refractivity contribution in [3.63, 3.8) is 0 Å². The number of nitrogens with zero attached hydrogens (tertiary/aromatic N) is 2. The van der Waals surface area contributed by atoms with Crippen LogP contribution in [0.1, 0.15) is 88.5 Å². The highest BCUT2D eigenvalue weighted by atomic mass is 16.7. The van der Waals surface area contributed by atoms with E-state index in [0.717, 1.165) is 6.92 Å². The minimum absolute atomic E-state index is 0.123. The first-order valence-corrected chi connectivity index (χ1v) is 16.1. The first kappa shape index (κ1) is 40.0. The number of rotatable bonds is 5. The van der Waals surface area contributed by atoms with Gasteiger partial charge in [-0.15, -0.1) is 0 Å². The van der Waals surface area contributed by atoms with E-state index in [2.05, 4.69) is 5.16 Å². The molecule has 2 rings (SSSR count). The van der Waals surface area contributed by atoms with E-state index in [1.165, 1.54) is 32.6 Å². The molecule has 0 radical (unpaired) electrons. The lowest BCUT2D eigenvalue weighted by Gasteiger charge is -2.47. The Morgan fingerprint density at radius 2 is 1.61 bits per heavy atom. The van der Waals surface area contributed by atoms with Gasteiger partial charge >= 0.3 is 11.9 Å². The molecule has 0 bridgehead atoms. The number of likely N-dealkylation sites (N-methyl/N-ethyl adjacent to an activating group) is 1. The fourth-order valence-corrected chi connectivity index (χ4v) is 6.82. The normalized spacial score (nSPS) is 44.2. The Balaban J connectivity index is 2.68. The van der Waals surface area contributed by atoms with Gasteiger partial charge < -0.3 is 49.5 Å². The Morgan fingerprint density at radius 1 is 1.02 bits per heavy atom. The van der Waals surface area contributed by atoms with Crippen molar-refractivity contribution in [1.82, 2.24) is 4.90 Å². The lowest BCUT2D eigenvalue weighted by Crippen LogP contribution is -2.60. The molecule has 2 fully saturated rings. The number of carbonyl (C=O) groups is 3. The minimum atomic E-state index is -1.98. The third kappa shape index (κ3) is 9.03. The minimum Gasteiger partial charge on any atom is -0.459 e. The maximum absolute atomic E-state index is 13.4. The van der Waals surface area contributed by atoms with E-state index in [4.69, 9.17) is 19.0 Å². The highest BCUT2D eigenvalue weighted by Crippen LogP contribution is 2.38. The maximum atomic E-state index is 13.4. The summed E-state index contributed by atoms with van der Waals surface area (Å²) in [5.41, 5.74) is -3.67. The van der Waals surface area contributed by atoms with Crippen molar-refractivity contribution >= 4 is 23.6 Å². The zero-order valence-corrected chi connectivity index (χ0v) is 29.0. The van der Waals surface area contributed by atoms with Gasteiger partial charge in [0.15, 0.2) is 6.29 Å². The standard InChI is InChI=1S/C32H56N2O12/c1-12-23-32(10,42)27(39)17(4)24(33-46-21(8)36)15(2)14-31(9,41)28(18(5)25(37)19(6)29(40)44-23)45-30-26(38)22(13-16(3)43-30)34(11)20(7)35/h15-19,22-23,25-28,30,37-39,41-42H,12-14H2,1-11H3/b33-24+/t15-,16-,17+,18+,19-,22+,23-,25+,26-,27-,28-,30+,31?,32-/m1/s1. The van der Waals surface area contributed by atoms with Crippen molar-refractivity contribution in [2.75, 3.05) is 7.05 Å². The summed E-state index contributed by atoms with van der Waals surface area (Å²) < 4.78 is 18.0. The number of oxime groups is 1. The number of hydrogen-bond donors (Lipinski definition) is 5. The summed E-state index contributed by atoms with van der Waals surface area (Å²) in [5, 5.41) is 61.8. The highest BCUT2D eigenvalue weighted by molar-refractivity contribution is 5.89. The zero-order valence-electron chi connectivity index (χ0n) is 29.0. The summed E-state index contributed by atoms with van der Waals surface area (Å²) >= 11 is 0. The molecular formula is C32H56N2O12. The van der Waals surface area contributed by atoms with Crippen LogP contribution in [0.4, 0.5) is 0 Å². The van der Waals surface area contributed by atoms with Gasteiger partial charge in [0.25, 0.3) is 0 Å². The molecule has 0 aliphatic carbocycles. The molecule has 0 aromatic carbocycles. The number of hydrogen-bond acceptors (Lipinski definition) is 13. The third-order valence-corrected chi connectivity index (χ3v) is 9.73. The molecule has 2 aliphatic heterocycles. The second-order valence-electron chi connectivity index (χ2n) is 13.8. The molecule has 266 valence electrons. The van der Waals surface area contributed by atoms with Gasteiger partial charge in [0.05, 0.1) is 47.7 Å². The summed E-state index contributed by atoms with van der Waals surface area (Å²) in [5.74, 6) is -5.65. The van der Waals surface area contributed by atoms with Gasteiger partial charge in [-0.05, 0) is 47.0 Å². The van der Waals surface area contributed by atoms with E-state index in [-0.39, 0.29) is 24.5 Å². The Hall–Kier alpha value is -2.20. The topological polar surface area (TPSA) is 205 Å². The van der Waals surface area contributed by atoms with Crippen molar-refractivity contribution in [3.05, 3.63) is 0 Å². The van der Waals surface area contributed by atoms with Gasteiger partial charge in [-0.25, -0.2) is 4.79 Å². The smallest absolute Gasteiger partial charge is 0.331 e. The third-order valence-electron chi connectivity index (χ3n) is 9.73. The van der Waals surface area contributed by atoms with Crippen LogP contribution in [0, 0.1) is 23.7 Å². The molecule has 5 N–H and O–H groups in total. The molecule has 14 atom stereocenters. The van der Waals surface area contributed by atoms with Crippen LogP contribution in [0.2, 0.25) is 0 Å². The summed E-state index contributed by atoms with van der Waals surface area (Å²) in [6, 6.07) is -0.661. The maximum Gasteiger partial charge on any atom is 0.331 e. The SMILES string of the molecule is CC[C@H]1OC(=O)[C@H](C)[C@@H](O)[C@H](C)[C@@H](O[C@@H]2O[C@H](C)C[C@H](N(C)C(C)=O)[C@H]2O)C(C)(O)C[C@@H](C)/C(=N\OC(C)=O)[C@H](C)[C@@H](O)[C@]1(C)O. The number of carbonyl (C=O) groups excluding carboxylic acids is 3. The lowest BCUT2D eigenvalue weighted by atomic mass is 9.73. The predicted molar refractivity (Wildman–Crippen MR) is 166 cm³/mol. The number of cyclic esters (lactones) is 1. The van der Waals surface area contributed by atoms with Crippen LogP contribution >= 0.6 is 0 Å². The van der Waals surface area contributed by atoms with E-state index in [1.807, 2.05) is 0 Å². The molecule has 0 aromatic heterocycles. The molecule has 14 nitrogen and oxygen atoms in total. The summed E-state index contributed by atoms with van der Waals surface area (Å²) in [6.07, 6.45) is -8.24. The fourth-order valence-electron chi connectivity index (χ4n) is 6.82. The van der Waals surface area contributed by atoms with Crippen LogP contribution in [-0.4, -0.2) is 121 Å². The van der Waals surface area contributed by atoms with E-state index >= 15 is 0 Å². The Morgan fingerprint density at radius 3 is 2.13 bits per heavy atom. The molecule has 46 heavy (non-hydrogen) atoms. The summed E-state index contributed by atoms with van der Waals surface area (Å²) in [4.78, 5) is 43.6. The van der Waals surface area contributed by atoms with Gasteiger partial charge in [0.1, 0.15) is 17.8 Å². The molecule has 1 unspecified atom stereocenters. The van der Waals surface area contributed by atoms with Gasteiger partial charge in [0.2, 0.25) is 5.91 Å². The average Bonchev–Trinajstić information content (AvgIpc) is 2.96. The summed E-state index contributed by atoms with van der Waals surface area (Å²) in [6.45, 7) is 15.0. The molecule has 2 heterocycles. The quantitative estimate of drug-likeness (QED) is 0.160. The zero-order chi connectivity index (χ0) is 35.5. The fraction of sp³-hybridized carbons (Fsp3) is 0.875. The van der Waals surface area contributed by atoms with Crippen LogP contribution in [0.5, 0.6) is 0 Å². The monoisotopic (exact) mass is 660 g/mol. The van der Waals surface area contributed by atoms with Crippen molar-refractivity contribution in [3.8, 4) is 0 Å². The molecule has 0 spiro atoms. The van der Waals surface area contributed by atoms with E-state index in [0.29, 0.717) is 6.42 Å². The number of aliphatic hydroxyl groups excluding tert-OH is 3. The average molecular weight is 661 g/mol. The first-order chi connectivity index (χ1) is 21.1. The number of ether oxygens (including phenoxy) is 3. The Kier molecular flexibility index (Phi) is 13.7. The predicted octanol–water partition coefficient (Wildman–Crippen LogP) is 1.13. The van der Waals surface area contributed by atoms with Gasteiger partial charge in [-0.2, -0.15) is 0 Å². The van der Waals surface area contributed by atoms with Gasteiger partial charge in [0, 0.05) is 38.6 Å². The Labute approximate surface area is 272 Å². The molecular weight excluding hydrogens is 604 g/mol. The second-order valence-corrected chi connectivity index (χ2v) is 13.8. The number of amides is 1. The molecule has 14 heteroatoms. The van der Waals surface area contributed by atoms with Crippen LogP contribution < -0.4 is 0 Å². The van der Waals surface area contributed by atoms with Gasteiger partial charge in [-0.1, -0.05) is 32.9 Å². The largest absolute Gasteiger partial charge is 0.459 e. The van der Waals surface area contributed by atoms with Crippen molar-refractivity contribution in [2.45, 2.75) is 149 Å². The van der Waals surface area contributed by atoms with Crippen LogP contribution in [-0.2, 0) is 33.4 Å². The van der Waals surface area contributed by atoms with Crippen LogP contribution in [0.15, 0.2) is 5.16 Å². The molecule has 2 aliphatic rings. The molecule has 0 saturated carbocycles. The van der Waals surface area contributed by atoms with Crippen molar-refractivity contribution < 1.29 is 59.0 Å². The summed E-state index contributed by atoms with van der Waals surface area (Å²) in [7, 11) is 1.56. The van der Waals surface area contributed by atoms with Crippen molar-refractivity contribution in [2.24, 2.45) is 28.8 Å². The molecule has 1 amide bonds. The highest BCUT2D eigenvalue weighted by Gasteiger charge is 2.51. The Bertz CT molecular complexity index is 1100. The molecule has 0 aromatic rings. The van der Waals surface area contributed by atoms with Crippen LogP contribution in [0.25, 0.3) is 0 Å². The van der Waals surface area contributed by atoms with E-state index in [1.54, 1.807) is 41.7 Å². The molecule has 2 saturated heterocycles. The number of esters is 1. The van der Waals surface area contributed by atoms with E-state index < -0.39 is 95.8 Å². The van der Waals surface area contributed by atoms with E-state index in [9.17, 15) is 39.9 Å². The number of aliphatic hydroxyl groups is 5. The van der Waals surface area contributed by atoms with Crippen LogP contribution in [0.3, 0.4) is 0 Å².